The summed E-state index contributed by atoms with van der Waals surface area (Å²) in [4.78, 5) is 24.2. The van der Waals surface area contributed by atoms with Gasteiger partial charge in [0.25, 0.3) is 11.8 Å². The number of benzene rings is 2. The van der Waals surface area contributed by atoms with E-state index in [0.717, 1.165) is 6.42 Å². The van der Waals surface area contributed by atoms with Gasteiger partial charge in [0.05, 0.1) is 6.61 Å². The molecule has 0 aliphatic carbocycles. The lowest BCUT2D eigenvalue weighted by Gasteiger charge is -2.09. The van der Waals surface area contributed by atoms with Gasteiger partial charge in [0.1, 0.15) is 5.75 Å². The topological polar surface area (TPSA) is 85.9 Å². The molecule has 0 radical (unpaired) electrons. The van der Waals surface area contributed by atoms with Gasteiger partial charge in [-0.15, -0.1) is 0 Å². The van der Waals surface area contributed by atoms with E-state index in [-0.39, 0.29) is 6.79 Å². The number of fused-ring (bicyclic) bond motifs is 1. The predicted octanol–water partition coefficient (Wildman–Crippen LogP) is 2.28. The molecule has 2 amide bonds. The monoisotopic (exact) mass is 342 g/mol. The molecule has 2 aromatic carbocycles. The van der Waals surface area contributed by atoms with E-state index < -0.39 is 11.8 Å². The van der Waals surface area contributed by atoms with Gasteiger partial charge in [0.15, 0.2) is 11.5 Å². The number of ether oxygens (including phenoxy) is 3. The Labute approximate surface area is 144 Å². The highest BCUT2D eigenvalue weighted by molar-refractivity contribution is 5.99. The van der Waals surface area contributed by atoms with Crippen LogP contribution in [0.1, 0.15) is 34.1 Å². The van der Waals surface area contributed by atoms with Crippen molar-refractivity contribution in [3.05, 3.63) is 53.6 Å². The van der Waals surface area contributed by atoms with Crippen molar-refractivity contribution in [2.75, 3.05) is 13.4 Å². The Balaban J connectivity index is 1.55. The smallest absolute Gasteiger partial charge is 0.269 e. The van der Waals surface area contributed by atoms with Crippen molar-refractivity contribution in [3.63, 3.8) is 0 Å². The quantitative estimate of drug-likeness (QED) is 0.814. The first-order chi connectivity index (χ1) is 12.2. The van der Waals surface area contributed by atoms with Gasteiger partial charge in [-0.2, -0.15) is 0 Å². The molecule has 1 aliphatic heterocycles. The lowest BCUT2D eigenvalue weighted by Crippen LogP contribution is -2.41. The minimum Gasteiger partial charge on any atom is -0.494 e. The number of rotatable bonds is 5. The molecule has 1 aliphatic rings. The van der Waals surface area contributed by atoms with Crippen LogP contribution in [0, 0.1) is 0 Å². The molecule has 0 aromatic heterocycles. The first-order valence-corrected chi connectivity index (χ1v) is 7.90. The molecule has 0 fully saturated rings. The van der Waals surface area contributed by atoms with Gasteiger partial charge in [0.2, 0.25) is 6.79 Å². The van der Waals surface area contributed by atoms with Crippen LogP contribution >= 0.6 is 0 Å². The minimum atomic E-state index is -0.449. The maximum Gasteiger partial charge on any atom is 0.269 e. The molecule has 130 valence electrons. The maximum absolute atomic E-state index is 12.1. The Morgan fingerprint density at radius 2 is 1.60 bits per heavy atom. The summed E-state index contributed by atoms with van der Waals surface area (Å²) in [5.74, 6) is 0.918. The van der Waals surface area contributed by atoms with Gasteiger partial charge in [-0.3, -0.25) is 20.4 Å². The summed E-state index contributed by atoms with van der Waals surface area (Å²) in [6, 6.07) is 11.5. The zero-order valence-electron chi connectivity index (χ0n) is 13.7. The molecule has 0 saturated heterocycles. The molecule has 25 heavy (non-hydrogen) atoms. The summed E-state index contributed by atoms with van der Waals surface area (Å²) < 4.78 is 15.9. The van der Waals surface area contributed by atoms with Crippen LogP contribution in [0.15, 0.2) is 42.5 Å². The normalized spacial score (nSPS) is 11.7. The fraction of sp³-hybridized carbons (Fsp3) is 0.222. The molecule has 3 rings (SSSR count). The summed E-state index contributed by atoms with van der Waals surface area (Å²) in [5, 5.41) is 0. The van der Waals surface area contributed by atoms with Crippen molar-refractivity contribution >= 4 is 11.8 Å². The third kappa shape index (κ3) is 4.00. The highest BCUT2D eigenvalue weighted by atomic mass is 16.7. The van der Waals surface area contributed by atoms with Crippen LogP contribution < -0.4 is 25.1 Å². The second-order valence-electron chi connectivity index (χ2n) is 5.35. The Bertz CT molecular complexity index is 774. The van der Waals surface area contributed by atoms with E-state index in [2.05, 4.69) is 10.9 Å². The van der Waals surface area contributed by atoms with Crippen molar-refractivity contribution in [3.8, 4) is 17.2 Å². The largest absolute Gasteiger partial charge is 0.494 e. The maximum atomic E-state index is 12.1. The van der Waals surface area contributed by atoms with Crippen molar-refractivity contribution < 1.29 is 23.8 Å². The van der Waals surface area contributed by atoms with Gasteiger partial charge >= 0.3 is 0 Å². The van der Waals surface area contributed by atoms with Crippen LogP contribution in [-0.4, -0.2) is 25.2 Å². The van der Waals surface area contributed by atoms with Crippen LogP contribution in [-0.2, 0) is 0 Å². The Kier molecular flexibility index (Phi) is 5.03. The van der Waals surface area contributed by atoms with Gasteiger partial charge < -0.3 is 14.2 Å². The predicted molar refractivity (Wildman–Crippen MR) is 89.7 cm³/mol. The molecule has 2 aromatic rings. The SMILES string of the molecule is CCCOc1ccc(C(=O)NNC(=O)c2ccc3c(c2)OCO3)cc1. The fourth-order valence-corrected chi connectivity index (χ4v) is 2.22. The lowest BCUT2D eigenvalue weighted by molar-refractivity contribution is 0.0846. The molecule has 0 bridgehead atoms. The number of carbonyl (C=O) groups excluding carboxylic acids is 2. The van der Waals surface area contributed by atoms with E-state index in [1.165, 1.54) is 0 Å². The molecule has 7 nitrogen and oxygen atoms in total. The molecule has 0 spiro atoms. The lowest BCUT2D eigenvalue weighted by atomic mass is 10.2. The summed E-state index contributed by atoms with van der Waals surface area (Å²) in [7, 11) is 0. The molecule has 0 atom stereocenters. The number of carbonyl (C=O) groups is 2. The highest BCUT2D eigenvalue weighted by Crippen LogP contribution is 2.32. The van der Waals surface area contributed by atoms with E-state index in [9.17, 15) is 9.59 Å². The number of amides is 2. The number of hydrogen-bond acceptors (Lipinski definition) is 5. The molecular weight excluding hydrogens is 324 g/mol. The fourth-order valence-electron chi connectivity index (χ4n) is 2.22. The summed E-state index contributed by atoms with van der Waals surface area (Å²) >= 11 is 0. The van der Waals surface area contributed by atoms with Crippen LogP contribution in [0.2, 0.25) is 0 Å². The van der Waals surface area contributed by atoms with Crippen molar-refractivity contribution in [2.24, 2.45) is 0 Å². The summed E-state index contributed by atoms with van der Waals surface area (Å²) in [6.07, 6.45) is 0.911. The van der Waals surface area contributed by atoms with Gasteiger partial charge in [-0.25, -0.2) is 0 Å². The average molecular weight is 342 g/mol. The van der Waals surface area contributed by atoms with Crippen molar-refractivity contribution in [1.82, 2.24) is 10.9 Å². The van der Waals surface area contributed by atoms with Crippen LogP contribution in [0.4, 0.5) is 0 Å². The number of nitrogens with one attached hydrogen (secondary N) is 2. The summed E-state index contributed by atoms with van der Waals surface area (Å²) in [6.45, 7) is 2.77. The van der Waals surface area contributed by atoms with Gasteiger partial charge in [-0.05, 0) is 48.9 Å². The molecule has 2 N–H and O–H groups in total. The second-order valence-corrected chi connectivity index (χ2v) is 5.35. The van der Waals surface area contributed by atoms with Crippen LogP contribution in [0.25, 0.3) is 0 Å². The summed E-state index contributed by atoms with van der Waals surface area (Å²) in [5.41, 5.74) is 5.51. The van der Waals surface area contributed by atoms with Gasteiger partial charge in [-0.1, -0.05) is 6.92 Å². The second kappa shape index (κ2) is 7.57. The highest BCUT2D eigenvalue weighted by Gasteiger charge is 2.16. The zero-order chi connectivity index (χ0) is 17.6. The van der Waals surface area contributed by atoms with E-state index in [4.69, 9.17) is 14.2 Å². The minimum absolute atomic E-state index is 0.134. The standard InChI is InChI=1S/C18H18N2O5/c1-2-9-23-14-6-3-12(4-7-14)17(21)19-20-18(22)13-5-8-15-16(10-13)25-11-24-15/h3-8,10H,2,9,11H2,1H3,(H,19,21)(H,20,22). The average Bonchev–Trinajstić information content (AvgIpc) is 3.12. The molecule has 0 saturated carbocycles. The van der Waals surface area contributed by atoms with Crippen LogP contribution in [0.3, 0.4) is 0 Å². The third-order valence-electron chi connectivity index (χ3n) is 3.51. The van der Waals surface area contributed by atoms with E-state index in [1.54, 1.807) is 42.5 Å². The zero-order valence-corrected chi connectivity index (χ0v) is 13.7. The van der Waals surface area contributed by atoms with Gasteiger partial charge in [0, 0.05) is 11.1 Å². The molecule has 1 heterocycles. The van der Waals surface area contributed by atoms with Crippen molar-refractivity contribution in [1.29, 1.82) is 0 Å². The number of hydrazine groups is 1. The van der Waals surface area contributed by atoms with E-state index in [0.29, 0.717) is 35.0 Å². The Morgan fingerprint density at radius 1 is 0.960 bits per heavy atom. The first-order valence-electron chi connectivity index (χ1n) is 7.90. The first kappa shape index (κ1) is 16.6. The van der Waals surface area contributed by atoms with E-state index in [1.807, 2.05) is 6.92 Å². The molecule has 0 unspecified atom stereocenters. The Hall–Kier alpha value is -3.22. The van der Waals surface area contributed by atoms with Crippen LogP contribution in [0.5, 0.6) is 17.2 Å². The third-order valence-corrected chi connectivity index (χ3v) is 3.51. The molecular formula is C18H18N2O5. The molecule has 7 heteroatoms. The van der Waals surface area contributed by atoms with Crippen molar-refractivity contribution in [2.45, 2.75) is 13.3 Å². The van der Waals surface area contributed by atoms with E-state index >= 15 is 0 Å². The Morgan fingerprint density at radius 3 is 2.32 bits per heavy atom. The number of hydrogen-bond donors (Lipinski definition) is 2.